The van der Waals surface area contributed by atoms with E-state index in [1.165, 1.54) is 5.56 Å². The minimum absolute atomic E-state index is 0.0751. The standard InChI is InChI=1S/C25H27N3O4/c29-25(30)22-4-3-5-23(24(22)27-10-1-2-11-27)28-17-21(18-28)32-20-8-6-19(7-9-20)16-26-12-14-31-15-13-26/h1-11,21H,12-18H2,(H,29,30). The summed E-state index contributed by atoms with van der Waals surface area (Å²) in [5, 5.41) is 9.67. The fraction of sp³-hybridized carbons (Fsp3) is 0.320. The molecule has 2 aliphatic rings. The Morgan fingerprint density at radius 2 is 1.72 bits per heavy atom. The topological polar surface area (TPSA) is 67.2 Å². The molecule has 0 aliphatic carbocycles. The molecular weight excluding hydrogens is 406 g/mol. The van der Waals surface area contributed by atoms with Gasteiger partial charge in [-0.25, -0.2) is 4.79 Å². The third-order valence-corrected chi connectivity index (χ3v) is 6.03. The number of ether oxygens (including phenoxy) is 2. The first-order valence-electron chi connectivity index (χ1n) is 11.0. The second-order valence-corrected chi connectivity index (χ2v) is 8.25. The zero-order valence-corrected chi connectivity index (χ0v) is 17.9. The molecule has 5 rings (SSSR count). The molecule has 7 nitrogen and oxygen atoms in total. The van der Waals surface area contributed by atoms with Crippen molar-refractivity contribution in [2.24, 2.45) is 0 Å². The number of morpholine rings is 1. The van der Waals surface area contributed by atoms with Crippen molar-refractivity contribution in [1.29, 1.82) is 0 Å². The molecular formula is C25H27N3O4. The predicted octanol–water partition coefficient (Wildman–Crippen LogP) is 3.28. The van der Waals surface area contributed by atoms with Gasteiger partial charge in [-0.2, -0.15) is 0 Å². The first-order valence-corrected chi connectivity index (χ1v) is 11.0. The highest BCUT2D eigenvalue weighted by atomic mass is 16.5. The van der Waals surface area contributed by atoms with E-state index >= 15 is 0 Å². The number of carboxylic acids is 1. The van der Waals surface area contributed by atoms with Crippen molar-refractivity contribution in [1.82, 2.24) is 9.47 Å². The Labute approximate surface area is 187 Å². The number of anilines is 1. The molecule has 0 spiro atoms. The third-order valence-electron chi connectivity index (χ3n) is 6.03. The molecule has 1 aromatic heterocycles. The van der Waals surface area contributed by atoms with E-state index in [1.54, 1.807) is 12.1 Å². The minimum atomic E-state index is -0.930. The molecule has 7 heteroatoms. The van der Waals surface area contributed by atoms with Crippen molar-refractivity contribution in [2.45, 2.75) is 12.6 Å². The van der Waals surface area contributed by atoms with Gasteiger partial charge in [0, 0.05) is 32.0 Å². The number of benzene rings is 2. The zero-order valence-electron chi connectivity index (χ0n) is 17.9. The number of para-hydroxylation sites is 1. The molecule has 0 amide bonds. The van der Waals surface area contributed by atoms with E-state index in [9.17, 15) is 9.90 Å². The van der Waals surface area contributed by atoms with Crippen LogP contribution < -0.4 is 9.64 Å². The van der Waals surface area contributed by atoms with E-state index in [2.05, 4.69) is 21.9 Å². The molecule has 0 atom stereocenters. The monoisotopic (exact) mass is 433 g/mol. The van der Waals surface area contributed by atoms with Gasteiger partial charge in [-0.05, 0) is 42.0 Å². The summed E-state index contributed by atoms with van der Waals surface area (Å²) in [6.07, 6.45) is 3.82. The fourth-order valence-electron chi connectivity index (χ4n) is 4.31. The number of nitrogens with zero attached hydrogens (tertiary/aromatic N) is 3. The van der Waals surface area contributed by atoms with Crippen LogP contribution in [0.1, 0.15) is 15.9 Å². The lowest BCUT2D eigenvalue weighted by Gasteiger charge is -2.41. The lowest BCUT2D eigenvalue weighted by atomic mass is 10.1. The van der Waals surface area contributed by atoms with Gasteiger partial charge in [-0.1, -0.05) is 18.2 Å². The van der Waals surface area contributed by atoms with Crippen molar-refractivity contribution in [3.63, 3.8) is 0 Å². The smallest absolute Gasteiger partial charge is 0.337 e. The predicted molar refractivity (Wildman–Crippen MR) is 122 cm³/mol. The summed E-state index contributed by atoms with van der Waals surface area (Å²) in [5.41, 5.74) is 3.16. The summed E-state index contributed by atoms with van der Waals surface area (Å²) in [7, 11) is 0. The minimum Gasteiger partial charge on any atom is -0.487 e. The van der Waals surface area contributed by atoms with Crippen LogP contribution in [0.2, 0.25) is 0 Å². The van der Waals surface area contributed by atoms with Gasteiger partial charge in [-0.15, -0.1) is 0 Å². The van der Waals surface area contributed by atoms with Crippen molar-refractivity contribution in [3.8, 4) is 11.4 Å². The zero-order chi connectivity index (χ0) is 21.9. The summed E-state index contributed by atoms with van der Waals surface area (Å²) in [6, 6.07) is 17.5. The molecule has 0 radical (unpaired) electrons. The molecule has 32 heavy (non-hydrogen) atoms. The summed E-state index contributed by atoms with van der Waals surface area (Å²) in [5.74, 6) is -0.0636. The fourth-order valence-corrected chi connectivity index (χ4v) is 4.31. The van der Waals surface area contributed by atoms with Gasteiger partial charge in [0.05, 0.1) is 43.2 Å². The molecule has 0 bridgehead atoms. The molecule has 2 saturated heterocycles. The molecule has 0 saturated carbocycles. The Hall–Kier alpha value is -3.29. The van der Waals surface area contributed by atoms with E-state index < -0.39 is 5.97 Å². The highest BCUT2D eigenvalue weighted by Gasteiger charge is 2.31. The lowest BCUT2D eigenvalue weighted by molar-refractivity contribution is 0.0342. The van der Waals surface area contributed by atoms with Gasteiger partial charge >= 0.3 is 5.97 Å². The number of aromatic nitrogens is 1. The van der Waals surface area contributed by atoms with E-state index in [1.807, 2.05) is 47.3 Å². The van der Waals surface area contributed by atoms with Crippen LogP contribution in [0.4, 0.5) is 5.69 Å². The molecule has 2 aliphatic heterocycles. The normalized spacial score (nSPS) is 17.2. The maximum Gasteiger partial charge on any atom is 0.337 e. The van der Waals surface area contributed by atoms with Gasteiger partial charge in [0.2, 0.25) is 0 Å². The summed E-state index contributed by atoms with van der Waals surface area (Å²) < 4.78 is 13.4. The Morgan fingerprint density at radius 1 is 1.00 bits per heavy atom. The Bertz CT molecular complexity index is 1050. The highest BCUT2D eigenvalue weighted by molar-refractivity contribution is 5.95. The molecule has 1 N–H and O–H groups in total. The van der Waals surface area contributed by atoms with Crippen LogP contribution >= 0.6 is 0 Å². The van der Waals surface area contributed by atoms with E-state index in [0.29, 0.717) is 24.3 Å². The largest absolute Gasteiger partial charge is 0.487 e. The van der Waals surface area contributed by atoms with Gasteiger partial charge < -0.3 is 24.0 Å². The second-order valence-electron chi connectivity index (χ2n) is 8.25. The van der Waals surface area contributed by atoms with Crippen molar-refractivity contribution in [2.75, 3.05) is 44.3 Å². The molecule has 2 aromatic carbocycles. The Balaban J connectivity index is 1.22. The number of carbonyl (C=O) groups is 1. The first kappa shape index (κ1) is 20.6. The summed E-state index contributed by atoms with van der Waals surface area (Å²) >= 11 is 0. The maximum absolute atomic E-state index is 11.8. The van der Waals surface area contributed by atoms with Crippen LogP contribution in [0.5, 0.6) is 5.75 Å². The highest BCUT2D eigenvalue weighted by Crippen LogP contribution is 2.32. The van der Waals surface area contributed by atoms with Crippen LogP contribution in [0.25, 0.3) is 5.69 Å². The van der Waals surface area contributed by atoms with E-state index in [-0.39, 0.29) is 6.10 Å². The maximum atomic E-state index is 11.8. The molecule has 3 heterocycles. The molecule has 3 aromatic rings. The quantitative estimate of drug-likeness (QED) is 0.617. The van der Waals surface area contributed by atoms with Crippen LogP contribution in [0.15, 0.2) is 67.0 Å². The van der Waals surface area contributed by atoms with Gasteiger partial charge in [-0.3, -0.25) is 4.90 Å². The van der Waals surface area contributed by atoms with Crippen molar-refractivity contribution >= 4 is 11.7 Å². The van der Waals surface area contributed by atoms with E-state index in [4.69, 9.17) is 9.47 Å². The molecule has 166 valence electrons. The van der Waals surface area contributed by atoms with Gasteiger partial charge in [0.1, 0.15) is 11.9 Å². The van der Waals surface area contributed by atoms with Gasteiger partial charge in [0.15, 0.2) is 0 Å². The summed E-state index contributed by atoms with van der Waals surface area (Å²) in [6.45, 7) is 5.93. The average molecular weight is 434 g/mol. The van der Waals surface area contributed by atoms with Crippen molar-refractivity contribution < 1.29 is 19.4 Å². The second kappa shape index (κ2) is 9.06. The molecule has 0 unspecified atom stereocenters. The van der Waals surface area contributed by atoms with Crippen LogP contribution in [-0.2, 0) is 11.3 Å². The first-order chi connectivity index (χ1) is 15.7. The van der Waals surface area contributed by atoms with Gasteiger partial charge in [0.25, 0.3) is 0 Å². The number of rotatable bonds is 7. The number of hydrogen-bond donors (Lipinski definition) is 1. The summed E-state index contributed by atoms with van der Waals surface area (Å²) in [4.78, 5) is 16.4. The number of aromatic carboxylic acids is 1. The Morgan fingerprint density at radius 3 is 2.41 bits per heavy atom. The van der Waals surface area contributed by atoms with Crippen LogP contribution in [-0.4, -0.2) is 66.0 Å². The van der Waals surface area contributed by atoms with E-state index in [0.717, 1.165) is 44.3 Å². The SMILES string of the molecule is O=C(O)c1cccc(N2CC(Oc3ccc(CN4CCOCC4)cc3)C2)c1-n1cccc1. The molecule has 2 fully saturated rings. The third kappa shape index (κ3) is 4.35. The van der Waals surface area contributed by atoms with Crippen LogP contribution in [0, 0.1) is 0 Å². The van der Waals surface area contributed by atoms with Crippen molar-refractivity contribution in [3.05, 3.63) is 78.1 Å². The lowest BCUT2D eigenvalue weighted by Crippen LogP contribution is -2.54. The Kier molecular flexibility index (Phi) is 5.83. The average Bonchev–Trinajstić information content (AvgIpc) is 3.32. The number of hydrogen-bond acceptors (Lipinski definition) is 5. The van der Waals surface area contributed by atoms with Crippen LogP contribution in [0.3, 0.4) is 0 Å². The number of carboxylic acid groups (broad SMARTS) is 1.